The number of aryl methyl sites for hydroxylation is 3. The Labute approximate surface area is 121 Å². The molecule has 18 heavy (non-hydrogen) atoms. The zero-order valence-corrected chi connectivity index (χ0v) is 13.6. The van der Waals surface area contributed by atoms with Crippen LogP contribution in [0.4, 0.5) is 0 Å². The molecule has 1 heterocycles. The first kappa shape index (κ1) is 13.8. The molecule has 2 aromatic rings. The second-order valence-electron chi connectivity index (χ2n) is 4.64. The van der Waals surface area contributed by atoms with E-state index in [1.165, 1.54) is 30.9 Å². The topological polar surface area (TPSA) is 12.0 Å². The van der Waals surface area contributed by atoms with Crippen LogP contribution < -0.4 is 5.32 Å². The van der Waals surface area contributed by atoms with Gasteiger partial charge in [-0.3, -0.25) is 0 Å². The number of rotatable bonds is 3. The molecule has 1 N–H and O–H groups in total. The maximum Gasteiger partial charge on any atom is 0.0668 e. The molecule has 0 fully saturated rings. The van der Waals surface area contributed by atoms with Crippen molar-refractivity contribution in [2.45, 2.75) is 26.8 Å². The fourth-order valence-electron chi connectivity index (χ4n) is 2.23. The van der Waals surface area contributed by atoms with Crippen LogP contribution in [0.2, 0.25) is 0 Å². The Bertz CT molecular complexity index is 536. The van der Waals surface area contributed by atoms with Gasteiger partial charge < -0.3 is 5.32 Å². The Balaban J connectivity index is 2.45. The van der Waals surface area contributed by atoms with E-state index in [0.29, 0.717) is 0 Å². The van der Waals surface area contributed by atoms with Crippen molar-refractivity contribution >= 4 is 27.3 Å². The highest BCUT2D eigenvalue weighted by atomic mass is 79.9. The molecule has 3 heteroatoms. The molecule has 0 saturated carbocycles. The largest absolute Gasteiger partial charge is 0.309 e. The van der Waals surface area contributed by atoms with Gasteiger partial charge in [-0.2, -0.15) is 0 Å². The van der Waals surface area contributed by atoms with Crippen molar-refractivity contribution in [3.63, 3.8) is 0 Å². The predicted molar refractivity (Wildman–Crippen MR) is 83.6 cm³/mol. The van der Waals surface area contributed by atoms with Gasteiger partial charge in [0.1, 0.15) is 0 Å². The van der Waals surface area contributed by atoms with E-state index in [2.05, 4.69) is 66.3 Å². The van der Waals surface area contributed by atoms with E-state index < -0.39 is 0 Å². The quantitative estimate of drug-likeness (QED) is 0.859. The molecular weight excluding hydrogens is 306 g/mol. The second kappa shape index (κ2) is 5.55. The van der Waals surface area contributed by atoms with Crippen molar-refractivity contribution in [1.82, 2.24) is 5.32 Å². The predicted octanol–water partition coefficient (Wildman–Crippen LogP) is 4.74. The van der Waals surface area contributed by atoms with E-state index in [-0.39, 0.29) is 6.04 Å². The molecule has 1 aromatic heterocycles. The minimum atomic E-state index is 0.286. The monoisotopic (exact) mass is 323 g/mol. The van der Waals surface area contributed by atoms with Gasteiger partial charge in [-0.15, -0.1) is 11.3 Å². The molecule has 1 atom stereocenters. The van der Waals surface area contributed by atoms with Crippen molar-refractivity contribution in [2.75, 3.05) is 7.05 Å². The van der Waals surface area contributed by atoms with Crippen LogP contribution in [0.5, 0.6) is 0 Å². The molecule has 0 radical (unpaired) electrons. The fraction of sp³-hybridized carbons (Fsp3) is 0.333. The molecular formula is C15H18BrNS. The summed E-state index contributed by atoms with van der Waals surface area (Å²) >= 11 is 5.48. The van der Waals surface area contributed by atoms with Gasteiger partial charge >= 0.3 is 0 Å². The van der Waals surface area contributed by atoms with Crippen molar-refractivity contribution < 1.29 is 0 Å². The lowest BCUT2D eigenvalue weighted by molar-refractivity contribution is 0.702. The van der Waals surface area contributed by atoms with E-state index >= 15 is 0 Å². The molecule has 0 aliphatic carbocycles. The first-order chi connectivity index (χ1) is 8.52. The SMILES string of the molecule is CNC(c1cc(C)c(Br)c(C)c1)c1ccc(C)s1. The van der Waals surface area contributed by atoms with E-state index in [0.717, 1.165) is 0 Å². The van der Waals surface area contributed by atoms with Crippen LogP contribution in [0.15, 0.2) is 28.7 Å². The number of hydrogen-bond donors (Lipinski definition) is 1. The van der Waals surface area contributed by atoms with Gasteiger partial charge in [0.25, 0.3) is 0 Å². The molecule has 1 nitrogen and oxygen atoms in total. The summed E-state index contributed by atoms with van der Waals surface area (Å²) in [6, 6.07) is 9.20. The van der Waals surface area contributed by atoms with Crippen LogP contribution >= 0.6 is 27.3 Å². The van der Waals surface area contributed by atoms with Gasteiger partial charge in [-0.25, -0.2) is 0 Å². The van der Waals surface area contributed by atoms with Gasteiger partial charge in [-0.05, 0) is 56.6 Å². The van der Waals surface area contributed by atoms with Gasteiger partial charge in [-0.1, -0.05) is 28.1 Å². The van der Waals surface area contributed by atoms with E-state index in [1.54, 1.807) is 0 Å². The third kappa shape index (κ3) is 2.68. The van der Waals surface area contributed by atoms with Crippen molar-refractivity contribution in [3.8, 4) is 0 Å². The van der Waals surface area contributed by atoms with Crippen LogP contribution in [0, 0.1) is 20.8 Å². The van der Waals surface area contributed by atoms with E-state index in [1.807, 2.05) is 18.4 Å². The highest BCUT2D eigenvalue weighted by molar-refractivity contribution is 9.10. The van der Waals surface area contributed by atoms with Crippen molar-refractivity contribution in [1.29, 1.82) is 0 Å². The molecule has 0 aliphatic heterocycles. The smallest absolute Gasteiger partial charge is 0.0668 e. The zero-order chi connectivity index (χ0) is 13.3. The maximum atomic E-state index is 3.63. The Morgan fingerprint density at radius 2 is 1.72 bits per heavy atom. The third-order valence-electron chi connectivity index (χ3n) is 3.13. The van der Waals surface area contributed by atoms with Gasteiger partial charge in [0, 0.05) is 14.2 Å². The molecule has 2 rings (SSSR count). The third-order valence-corrected chi connectivity index (χ3v) is 5.44. The summed E-state index contributed by atoms with van der Waals surface area (Å²) in [7, 11) is 2.02. The zero-order valence-electron chi connectivity index (χ0n) is 11.2. The molecule has 0 amide bonds. The lowest BCUT2D eigenvalue weighted by atomic mass is 10.0. The summed E-state index contributed by atoms with van der Waals surface area (Å²) in [5.41, 5.74) is 3.91. The highest BCUT2D eigenvalue weighted by Crippen LogP contribution is 2.31. The van der Waals surface area contributed by atoms with E-state index in [4.69, 9.17) is 0 Å². The maximum absolute atomic E-state index is 3.63. The number of nitrogens with one attached hydrogen (secondary N) is 1. The first-order valence-electron chi connectivity index (χ1n) is 6.03. The van der Waals surface area contributed by atoms with E-state index in [9.17, 15) is 0 Å². The minimum Gasteiger partial charge on any atom is -0.309 e. The Morgan fingerprint density at radius 3 is 2.17 bits per heavy atom. The van der Waals surface area contributed by atoms with Crippen LogP contribution in [0.1, 0.15) is 32.5 Å². The lowest BCUT2D eigenvalue weighted by Gasteiger charge is -2.17. The van der Waals surface area contributed by atoms with Crippen LogP contribution in [-0.4, -0.2) is 7.05 Å². The summed E-state index contributed by atoms with van der Waals surface area (Å²) in [6.45, 7) is 6.44. The number of thiophene rings is 1. The normalized spacial score (nSPS) is 12.7. The summed E-state index contributed by atoms with van der Waals surface area (Å²) in [4.78, 5) is 2.73. The molecule has 1 unspecified atom stereocenters. The molecule has 0 saturated heterocycles. The van der Waals surface area contributed by atoms with Crippen LogP contribution in [0.3, 0.4) is 0 Å². The number of halogens is 1. The van der Waals surface area contributed by atoms with Crippen LogP contribution in [0.25, 0.3) is 0 Å². The minimum absolute atomic E-state index is 0.286. The van der Waals surface area contributed by atoms with Crippen molar-refractivity contribution in [3.05, 3.63) is 55.2 Å². The molecule has 1 aromatic carbocycles. The molecule has 96 valence electrons. The Hall–Kier alpha value is -0.640. The summed E-state index contributed by atoms with van der Waals surface area (Å²) in [5, 5.41) is 3.42. The average molecular weight is 324 g/mol. The highest BCUT2D eigenvalue weighted by Gasteiger charge is 2.15. The standard InChI is InChI=1S/C15H18BrNS/c1-9-7-12(8-10(2)14(9)16)15(17-4)13-6-5-11(3)18-13/h5-8,15,17H,1-4H3. The van der Waals surface area contributed by atoms with Crippen molar-refractivity contribution in [2.24, 2.45) is 0 Å². The molecule has 0 bridgehead atoms. The summed E-state index contributed by atoms with van der Waals surface area (Å²) in [5.74, 6) is 0. The molecule has 0 spiro atoms. The average Bonchev–Trinajstić information content (AvgIpc) is 2.73. The van der Waals surface area contributed by atoms with Gasteiger partial charge in [0.05, 0.1) is 6.04 Å². The lowest BCUT2D eigenvalue weighted by Crippen LogP contribution is -2.16. The molecule has 0 aliphatic rings. The number of benzene rings is 1. The second-order valence-corrected chi connectivity index (χ2v) is 6.75. The summed E-state index contributed by atoms with van der Waals surface area (Å²) < 4.78 is 1.21. The fourth-order valence-corrected chi connectivity index (χ4v) is 3.47. The van der Waals surface area contributed by atoms with Crippen LogP contribution in [-0.2, 0) is 0 Å². The first-order valence-corrected chi connectivity index (χ1v) is 7.64. The summed E-state index contributed by atoms with van der Waals surface area (Å²) in [6.07, 6.45) is 0. The Kier molecular flexibility index (Phi) is 4.25. The number of hydrogen-bond acceptors (Lipinski definition) is 2. The van der Waals surface area contributed by atoms with Gasteiger partial charge in [0.2, 0.25) is 0 Å². The van der Waals surface area contributed by atoms with Gasteiger partial charge in [0.15, 0.2) is 0 Å². The Morgan fingerprint density at radius 1 is 1.11 bits per heavy atom.